The molecule has 2 aromatic rings. The van der Waals surface area contributed by atoms with Crippen LogP contribution in [0.5, 0.6) is 0 Å². The predicted molar refractivity (Wildman–Crippen MR) is 46.6 cm³/mol. The molecule has 0 aliphatic carbocycles. The van der Waals surface area contributed by atoms with Gasteiger partial charge in [-0.2, -0.15) is 4.98 Å². The maximum Gasteiger partial charge on any atom is 0.439 e. The van der Waals surface area contributed by atoms with Crippen molar-refractivity contribution in [3.63, 3.8) is 0 Å². The van der Waals surface area contributed by atoms with Gasteiger partial charge in [-0.1, -0.05) is 13.8 Å². The molecule has 4 nitrogen and oxygen atoms in total. The Morgan fingerprint density at radius 2 is 2.23 bits per heavy atom. The van der Waals surface area contributed by atoms with Crippen molar-refractivity contribution in [1.82, 2.24) is 4.98 Å². The summed E-state index contributed by atoms with van der Waals surface area (Å²) < 4.78 is 10.0. The molecule has 0 bridgehead atoms. The lowest BCUT2D eigenvalue weighted by Crippen LogP contribution is -2.08. The summed E-state index contributed by atoms with van der Waals surface area (Å²) in [5.41, 5.74) is 1.68. The molecule has 0 saturated heterocycles. The second-order valence-corrected chi connectivity index (χ2v) is 3.13. The number of aromatic nitrogens is 1. The van der Waals surface area contributed by atoms with Gasteiger partial charge in [-0.25, -0.2) is 4.79 Å². The Kier molecular flexibility index (Phi) is 1.69. The van der Waals surface area contributed by atoms with E-state index in [0.717, 1.165) is 0 Å². The molecule has 13 heavy (non-hydrogen) atoms. The van der Waals surface area contributed by atoms with Crippen LogP contribution in [0.1, 0.15) is 25.5 Å². The Morgan fingerprint density at radius 3 is 2.92 bits per heavy atom. The largest absolute Gasteiger partial charge is 0.459 e. The van der Waals surface area contributed by atoms with Crippen LogP contribution in [-0.4, -0.2) is 4.98 Å². The van der Waals surface area contributed by atoms with Crippen molar-refractivity contribution in [3.8, 4) is 0 Å². The number of furan rings is 1. The number of hydrogen-bond donors (Lipinski definition) is 0. The molecule has 0 aliphatic heterocycles. The maximum atomic E-state index is 11.0. The van der Waals surface area contributed by atoms with Gasteiger partial charge in [0, 0.05) is 6.07 Å². The van der Waals surface area contributed by atoms with Crippen LogP contribution in [0, 0.1) is 0 Å². The first-order chi connectivity index (χ1) is 6.18. The average Bonchev–Trinajstić information content (AvgIpc) is 2.49. The summed E-state index contributed by atoms with van der Waals surface area (Å²) in [5.74, 6) is -0.421. The van der Waals surface area contributed by atoms with Crippen molar-refractivity contribution >= 4 is 11.2 Å². The summed E-state index contributed by atoms with van der Waals surface area (Å²) in [5, 5.41) is 0. The first-order valence-corrected chi connectivity index (χ1v) is 4.06. The second kappa shape index (κ2) is 2.73. The SMILES string of the molecule is CC(C)c1nc(=O)oc2ccoc12. The first kappa shape index (κ1) is 8.04. The van der Waals surface area contributed by atoms with Crippen molar-refractivity contribution in [2.45, 2.75) is 19.8 Å². The first-order valence-electron chi connectivity index (χ1n) is 4.06. The molecule has 0 aliphatic rings. The van der Waals surface area contributed by atoms with Gasteiger partial charge in [0.1, 0.15) is 0 Å². The third kappa shape index (κ3) is 1.24. The molecular formula is C9H9NO3. The zero-order chi connectivity index (χ0) is 9.42. The molecule has 2 aromatic heterocycles. The molecule has 0 N–H and O–H groups in total. The lowest BCUT2D eigenvalue weighted by molar-refractivity contribution is 0.510. The number of hydrogen-bond acceptors (Lipinski definition) is 4. The van der Waals surface area contributed by atoms with Gasteiger partial charge < -0.3 is 8.83 Å². The molecule has 0 fully saturated rings. The topological polar surface area (TPSA) is 56.2 Å². The van der Waals surface area contributed by atoms with Gasteiger partial charge in [0.2, 0.25) is 0 Å². The van der Waals surface area contributed by atoms with Crippen molar-refractivity contribution in [2.24, 2.45) is 0 Å². The highest BCUT2D eigenvalue weighted by Gasteiger charge is 2.12. The predicted octanol–water partition coefficient (Wildman–Crippen LogP) is 1.90. The fraction of sp³-hybridized carbons (Fsp3) is 0.333. The molecule has 0 spiro atoms. The van der Waals surface area contributed by atoms with Gasteiger partial charge in [-0.05, 0) is 5.92 Å². The smallest absolute Gasteiger partial charge is 0.439 e. The molecule has 0 unspecified atom stereocenters. The van der Waals surface area contributed by atoms with Gasteiger partial charge in [-0.15, -0.1) is 0 Å². The lowest BCUT2D eigenvalue weighted by atomic mass is 10.1. The van der Waals surface area contributed by atoms with E-state index in [2.05, 4.69) is 4.98 Å². The number of nitrogens with zero attached hydrogens (tertiary/aromatic N) is 1. The van der Waals surface area contributed by atoms with Crippen LogP contribution in [0.3, 0.4) is 0 Å². The van der Waals surface area contributed by atoms with Gasteiger partial charge in [0.05, 0.1) is 12.0 Å². The minimum atomic E-state index is -0.572. The quantitative estimate of drug-likeness (QED) is 0.670. The Hall–Kier alpha value is -1.58. The highest BCUT2D eigenvalue weighted by Crippen LogP contribution is 2.21. The lowest BCUT2D eigenvalue weighted by Gasteiger charge is -2.01. The molecule has 0 atom stereocenters. The Labute approximate surface area is 74.2 Å². The summed E-state index contributed by atoms with van der Waals surface area (Å²) in [4.78, 5) is 14.7. The summed E-state index contributed by atoms with van der Waals surface area (Å²) in [6.45, 7) is 3.90. The van der Waals surface area contributed by atoms with Crippen LogP contribution in [0.25, 0.3) is 11.2 Å². The van der Waals surface area contributed by atoms with Gasteiger partial charge in [0.25, 0.3) is 0 Å². The third-order valence-electron chi connectivity index (χ3n) is 1.82. The second-order valence-electron chi connectivity index (χ2n) is 3.13. The van der Waals surface area contributed by atoms with E-state index in [0.29, 0.717) is 16.9 Å². The number of rotatable bonds is 1. The van der Waals surface area contributed by atoms with Gasteiger partial charge >= 0.3 is 5.76 Å². The van der Waals surface area contributed by atoms with E-state index in [-0.39, 0.29) is 5.92 Å². The van der Waals surface area contributed by atoms with Crippen LogP contribution in [0.15, 0.2) is 26.0 Å². The number of fused-ring (bicyclic) bond motifs is 1. The van der Waals surface area contributed by atoms with Crippen LogP contribution >= 0.6 is 0 Å². The molecule has 2 rings (SSSR count). The monoisotopic (exact) mass is 179 g/mol. The molecule has 4 heteroatoms. The Balaban J connectivity index is 2.85. The van der Waals surface area contributed by atoms with E-state index in [9.17, 15) is 4.79 Å². The van der Waals surface area contributed by atoms with Crippen molar-refractivity contribution in [3.05, 3.63) is 28.6 Å². The molecule has 0 amide bonds. The normalized spacial score (nSPS) is 11.3. The van der Waals surface area contributed by atoms with Crippen LogP contribution in [0.4, 0.5) is 0 Å². The van der Waals surface area contributed by atoms with E-state index in [1.54, 1.807) is 6.07 Å². The summed E-state index contributed by atoms with van der Waals surface area (Å²) in [7, 11) is 0. The van der Waals surface area contributed by atoms with Crippen LogP contribution in [-0.2, 0) is 0 Å². The van der Waals surface area contributed by atoms with Crippen molar-refractivity contribution in [1.29, 1.82) is 0 Å². The zero-order valence-electron chi connectivity index (χ0n) is 7.40. The maximum absolute atomic E-state index is 11.0. The van der Waals surface area contributed by atoms with Crippen LogP contribution < -0.4 is 5.76 Å². The third-order valence-corrected chi connectivity index (χ3v) is 1.82. The molecule has 68 valence electrons. The minimum Gasteiger partial charge on any atom is -0.459 e. The van der Waals surface area contributed by atoms with Gasteiger partial charge in [-0.3, -0.25) is 0 Å². The van der Waals surface area contributed by atoms with E-state index >= 15 is 0 Å². The standard InChI is InChI=1S/C9H9NO3/c1-5(2)7-8-6(3-4-12-8)13-9(11)10-7/h3-5H,1-2H3. The molecule has 0 saturated carbocycles. The fourth-order valence-electron chi connectivity index (χ4n) is 1.22. The highest BCUT2D eigenvalue weighted by molar-refractivity contribution is 5.72. The van der Waals surface area contributed by atoms with E-state index in [1.165, 1.54) is 6.26 Å². The van der Waals surface area contributed by atoms with E-state index in [1.807, 2.05) is 13.8 Å². The average molecular weight is 179 g/mol. The molecule has 0 radical (unpaired) electrons. The minimum absolute atomic E-state index is 0.151. The van der Waals surface area contributed by atoms with E-state index in [4.69, 9.17) is 8.83 Å². The Morgan fingerprint density at radius 1 is 1.46 bits per heavy atom. The van der Waals surface area contributed by atoms with E-state index < -0.39 is 5.76 Å². The zero-order valence-corrected chi connectivity index (χ0v) is 7.40. The van der Waals surface area contributed by atoms with Gasteiger partial charge in [0.15, 0.2) is 11.2 Å². The summed E-state index contributed by atoms with van der Waals surface area (Å²) in [6, 6.07) is 1.62. The fourth-order valence-corrected chi connectivity index (χ4v) is 1.22. The highest BCUT2D eigenvalue weighted by atomic mass is 16.4. The Bertz CT molecular complexity index is 481. The molecular weight excluding hydrogens is 170 g/mol. The van der Waals surface area contributed by atoms with Crippen molar-refractivity contribution < 1.29 is 8.83 Å². The van der Waals surface area contributed by atoms with Crippen LogP contribution in [0.2, 0.25) is 0 Å². The summed E-state index contributed by atoms with van der Waals surface area (Å²) >= 11 is 0. The van der Waals surface area contributed by atoms with Crippen molar-refractivity contribution in [2.75, 3.05) is 0 Å². The molecule has 2 heterocycles. The summed E-state index contributed by atoms with van der Waals surface area (Å²) in [6.07, 6.45) is 1.49. The molecule has 0 aromatic carbocycles.